The highest BCUT2D eigenvalue weighted by molar-refractivity contribution is 5.78. The summed E-state index contributed by atoms with van der Waals surface area (Å²) in [5.41, 5.74) is 0.916. The number of ether oxygens (including phenoxy) is 1. The number of phenols is 1. The molecule has 0 spiro atoms. The summed E-state index contributed by atoms with van der Waals surface area (Å²) in [5, 5.41) is 12.4. The molecule has 1 aromatic rings. The van der Waals surface area contributed by atoms with Crippen LogP contribution >= 0.6 is 0 Å². The molecule has 0 saturated carbocycles. The van der Waals surface area contributed by atoms with Gasteiger partial charge in [-0.1, -0.05) is 6.07 Å². The summed E-state index contributed by atoms with van der Waals surface area (Å²) in [6, 6.07) is 5.22. The zero-order chi connectivity index (χ0) is 10.8. The molecular weight excluding hydrogens is 194 g/mol. The third-order valence-electron chi connectivity index (χ3n) is 2.60. The first-order valence-corrected chi connectivity index (χ1v) is 4.87. The number of carbonyl (C=O) groups is 1. The molecule has 4 heteroatoms. The van der Waals surface area contributed by atoms with Crippen LogP contribution in [0.1, 0.15) is 24.4 Å². The molecule has 1 heterocycles. The molecular formula is C11H13NO3. The normalized spacial score (nSPS) is 20.1. The summed E-state index contributed by atoms with van der Waals surface area (Å²) >= 11 is 0. The number of aromatic hydroxyl groups is 1. The number of benzene rings is 1. The van der Waals surface area contributed by atoms with E-state index in [4.69, 9.17) is 4.74 Å². The Kier molecular flexibility index (Phi) is 2.49. The zero-order valence-corrected chi connectivity index (χ0v) is 8.49. The van der Waals surface area contributed by atoms with E-state index in [1.54, 1.807) is 12.1 Å². The van der Waals surface area contributed by atoms with E-state index in [-0.39, 0.29) is 17.7 Å². The Labute approximate surface area is 87.9 Å². The van der Waals surface area contributed by atoms with Crippen LogP contribution < -0.4 is 10.1 Å². The van der Waals surface area contributed by atoms with Crippen LogP contribution in [-0.4, -0.2) is 18.1 Å². The number of nitrogens with one attached hydrogen (secondary N) is 1. The van der Waals surface area contributed by atoms with E-state index in [0.717, 1.165) is 12.0 Å². The van der Waals surface area contributed by atoms with Gasteiger partial charge in [0.2, 0.25) is 5.91 Å². The summed E-state index contributed by atoms with van der Waals surface area (Å²) in [4.78, 5) is 11.0. The van der Waals surface area contributed by atoms with Crippen molar-refractivity contribution in [3.05, 3.63) is 23.8 Å². The molecule has 1 aliphatic heterocycles. The highest BCUT2D eigenvalue weighted by atomic mass is 16.5. The quantitative estimate of drug-likeness (QED) is 0.769. The van der Waals surface area contributed by atoms with Gasteiger partial charge in [0.15, 0.2) is 11.5 Å². The molecule has 1 atom stereocenters. The van der Waals surface area contributed by atoms with Gasteiger partial charge in [-0.3, -0.25) is 4.79 Å². The largest absolute Gasteiger partial charge is 0.504 e. The average molecular weight is 207 g/mol. The molecule has 1 amide bonds. The first-order valence-electron chi connectivity index (χ1n) is 4.87. The number of phenolic OH excluding ortho intramolecular Hbond substituents is 1. The van der Waals surface area contributed by atoms with Gasteiger partial charge in [0.25, 0.3) is 0 Å². The van der Waals surface area contributed by atoms with Crippen LogP contribution in [-0.2, 0) is 4.79 Å². The smallest absolute Gasteiger partial charge is 0.220 e. The molecule has 0 radical (unpaired) electrons. The molecule has 0 aliphatic carbocycles. The van der Waals surface area contributed by atoms with Crippen molar-refractivity contribution < 1.29 is 14.6 Å². The van der Waals surface area contributed by atoms with Gasteiger partial charge in [0.05, 0.1) is 13.2 Å². The number of hydrogen-bond acceptors (Lipinski definition) is 3. The summed E-state index contributed by atoms with van der Waals surface area (Å²) in [5.74, 6) is 0.620. The van der Waals surface area contributed by atoms with Gasteiger partial charge in [-0.2, -0.15) is 0 Å². The molecule has 15 heavy (non-hydrogen) atoms. The van der Waals surface area contributed by atoms with Crippen LogP contribution in [0.2, 0.25) is 0 Å². The Morgan fingerprint density at radius 2 is 2.33 bits per heavy atom. The fourth-order valence-corrected chi connectivity index (χ4v) is 1.79. The maximum Gasteiger partial charge on any atom is 0.220 e. The van der Waals surface area contributed by atoms with E-state index in [1.165, 1.54) is 7.11 Å². The predicted molar refractivity (Wildman–Crippen MR) is 54.8 cm³/mol. The van der Waals surface area contributed by atoms with E-state index < -0.39 is 0 Å². The molecule has 1 unspecified atom stereocenters. The molecule has 1 aromatic carbocycles. The molecule has 0 bridgehead atoms. The summed E-state index contributed by atoms with van der Waals surface area (Å²) in [6.45, 7) is 0. The number of hydrogen-bond donors (Lipinski definition) is 2. The zero-order valence-electron chi connectivity index (χ0n) is 8.49. The molecule has 1 fully saturated rings. The summed E-state index contributed by atoms with van der Waals surface area (Å²) in [6.07, 6.45) is 1.34. The van der Waals surface area contributed by atoms with Gasteiger partial charge >= 0.3 is 0 Å². The second-order valence-electron chi connectivity index (χ2n) is 3.59. The van der Waals surface area contributed by atoms with Gasteiger partial charge in [-0.15, -0.1) is 0 Å². The van der Waals surface area contributed by atoms with Crippen molar-refractivity contribution in [2.75, 3.05) is 7.11 Å². The summed E-state index contributed by atoms with van der Waals surface area (Å²) in [7, 11) is 1.51. The molecule has 2 rings (SSSR count). The second kappa shape index (κ2) is 3.81. The number of methoxy groups -OCH3 is 1. The Balaban J connectivity index is 2.22. The SMILES string of the molecule is COc1ccc(C2CCC(=O)N2)cc1O. The Morgan fingerprint density at radius 1 is 1.53 bits per heavy atom. The van der Waals surface area contributed by atoms with Crippen LogP contribution in [0.15, 0.2) is 18.2 Å². The van der Waals surface area contributed by atoms with E-state index >= 15 is 0 Å². The van der Waals surface area contributed by atoms with Crippen molar-refractivity contribution in [1.29, 1.82) is 0 Å². The standard InChI is InChI=1S/C11H13NO3/c1-15-10-4-2-7(6-9(10)13)8-3-5-11(14)12-8/h2,4,6,8,13H,3,5H2,1H3,(H,12,14). The molecule has 0 aromatic heterocycles. The minimum absolute atomic E-state index is 0.0225. The molecule has 1 aliphatic rings. The van der Waals surface area contributed by atoms with E-state index in [2.05, 4.69) is 5.32 Å². The minimum atomic E-state index is 0.0225. The van der Waals surface area contributed by atoms with Gasteiger partial charge < -0.3 is 15.2 Å². The Hall–Kier alpha value is -1.71. The number of carbonyl (C=O) groups excluding carboxylic acids is 1. The fourth-order valence-electron chi connectivity index (χ4n) is 1.79. The summed E-state index contributed by atoms with van der Waals surface area (Å²) < 4.78 is 4.95. The van der Waals surface area contributed by atoms with E-state index in [0.29, 0.717) is 12.2 Å². The molecule has 80 valence electrons. The van der Waals surface area contributed by atoms with Crippen molar-refractivity contribution >= 4 is 5.91 Å². The number of amides is 1. The van der Waals surface area contributed by atoms with E-state index in [1.807, 2.05) is 6.07 Å². The highest BCUT2D eigenvalue weighted by Crippen LogP contribution is 2.31. The lowest BCUT2D eigenvalue weighted by atomic mass is 10.0. The van der Waals surface area contributed by atoms with Crippen LogP contribution in [0.3, 0.4) is 0 Å². The van der Waals surface area contributed by atoms with Gasteiger partial charge in [-0.25, -0.2) is 0 Å². The second-order valence-corrected chi connectivity index (χ2v) is 3.59. The van der Waals surface area contributed by atoms with Crippen molar-refractivity contribution in [3.63, 3.8) is 0 Å². The van der Waals surface area contributed by atoms with Crippen molar-refractivity contribution in [3.8, 4) is 11.5 Å². The lowest BCUT2D eigenvalue weighted by Gasteiger charge is -2.11. The Morgan fingerprint density at radius 3 is 2.87 bits per heavy atom. The average Bonchev–Trinajstić information content (AvgIpc) is 2.65. The topological polar surface area (TPSA) is 58.6 Å². The fraction of sp³-hybridized carbons (Fsp3) is 0.364. The third kappa shape index (κ3) is 1.88. The minimum Gasteiger partial charge on any atom is -0.504 e. The molecule has 1 saturated heterocycles. The van der Waals surface area contributed by atoms with Crippen molar-refractivity contribution in [1.82, 2.24) is 5.32 Å². The van der Waals surface area contributed by atoms with E-state index in [9.17, 15) is 9.90 Å². The van der Waals surface area contributed by atoms with Gasteiger partial charge in [0.1, 0.15) is 0 Å². The highest BCUT2D eigenvalue weighted by Gasteiger charge is 2.22. The lowest BCUT2D eigenvalue weighted by molar-refractivity contribution is -0.119. The Bertz CT molecular complexity index is 389. The van der Waals surface area contributed by atoms with Crippen LogP contribution in [0.25, 0.3) is 0 Å². The van der Waals surface area contributed by atoms with Crippen molar-refractivity contribution in [2.45, 2.75) is 18.9 Å². The molecule has 4 nitrogen and oxygen atoms in total. The predicted octanol–water partition coefficient (Wildman–Crippen LogP) is 1.35. The third-order valence-corrected chi connectivity index (χ3v) is 2.60. The van der Waals surface area contributed by atoms with Crippen LogP contribution in [0, 0.1) is 0 Å². The first kappa shape index (κ1) is 9.83. The van der Waals surface area contributed by atoms with Crippen molar-refractivity contribution in [2.24, 2.45) is 0 Å². The maximum atomic E-state index is 11.0. The van der Waals surface area contributed by atoms with Crippen LogP contribution in [0.5, 0.6) is 11.5 Å². The lowest BCUT2D eigenvalue weighted by Crippen LogP contribution is -2.18. The van der Waals surface area contributed by atoms with Gasteiger partial charge in [-0.05, 0) is 24.1 Å². The molecule has 2 N–H and O–H groups in total. The van der Waals surface area contributed by atoms with Gasteiger partial charge in [0, 0.05) is 6.42 Å². The van der Waals surface area contributed by atoms with Crippen LogP contribution in [0.4, 0.5) is 0 Å². The maximum absolute atomic E-state index is 11.0. The first-order chi connectivity index (χ1) is 7.20. The monoisotopic (exact) mass is 207 g/mol. The number of rotatable bonds is 2.